The number of fused-ring (bicyclic) bond motifs is 2. The fourth-order valence-corrected chi connectivity index (χ4v) is 3.00. The highest BCUT2D eigenvalue weighted by Crippen LogP contribution is 2.38. The lowest BCUT2D eigenvalue weighted by Gasteiger charge is -2.27. The molecule has 2 atom stereocenters. The average molecular weight is 237 g/mol. The zero-order valence-electron chi connectivity index (χ0n) is 9.33. The molecule has 0 radical (unpaired) electrons. The molecule has 3 rings (SSSR count). The quantitative estimate of drug-likeness (QED) is 0.735. The van der Waals surface area contributed by atoms with Crippen LogP contribution in [0.4, 0.5) is 8.78 Å². The highest BCUT2D eigenvalue weighted by atomic mass is 19.2. The van der Waals surface area contributed by atoms with Gasteiger partial charge in [0.2, 0.25) is 0 Å². The molecule has 0 aromatic heterocycles. The summed E-state index contributed by atoms with van der Waals surface area (Å²) in [4.78, 5) is 13.8. The maximum atomic E-state index is 13.5. The Balaban J connectivity index is 1.89. The third-order valence-electron chi connectivity index (χ3n) is 3.85. The van der Waals surface area contributed by atoms with Crippen LogP contribution < -0.4 is 0 Å². The molecule has 1 amide bonds. The third-order valence-corrected chi connectivity index (χ3v) is 3.85. The highest BCUT2D eigenvalue weighted by molar-refractivity contribution is 5.95. The molecule has 4 heteroatoms. The zero-order chi connectivity index (χ0) is 12.0. The Bertz CT molecular complexity index is 474. The second kappa shape index (κ2) is 3.79. The van der Waals surface area contributed by atoms with Gasteiger partial charge >= 0.3 is 0 Å². The van der Waals surface area contributed by atoms with Crippen LogP contribution in [0.25, 0.3) is 0 Å². The second-order valence-electron chi connectivity index (χ2n) is 4.89. The van der Waals surface area contributed by atoms with Crippen molar-refractivity contribution in [3.8, 4) is 0 Å². The summed E-state index contributed by atoms with van der Waals surface area (Å²) in [7, 11) is 0. The SMILES string of the molecule is O=C(c1cccc(F)c1F)N1CC2CCC1C2. The van der Waals surface area contributed by atoms with E-state index in [4.69, 9.17) is 0 Å². The molecule has 1 aromatic rings. The molecule has 2 nitrogen and oxygen atoms in total. The summed E-state index contributed by atoms with van der Waals surface area (Å²) < 4.78 is 26.6. The Morgan fingerprint density at radius 1 is 1.29 bits per heavy atom. The van der Waals surface area contributed by atoms with Crippen molar-refractivity contribution in [2.45, 2.75) is 25.3 Å². The summed E-state index contributed by atoms with van der Waals surface area (Å²) in [5, 5.41) is 0. The van der Waals surface area contributed by atoms with Crippen LogP contribution in [0.1, 0.15) is 29.6 Å². The molecule has 2 fully saturated rings. The summed E-state index contributed by atoms with van der Waals surface area (Å²) in [6, 6.07) is 3.99. The van der Waals surface area contributed by atoms with E-state index in [0.29, 0.717) is 12.5 Å². The Morgan fingerprint density at radius 3 is 2.76 bits per heavy atom. The minimum absolute atomic E-state index is 0.141. The van der Waals surface area contributed by atoms with Crippen LogP contribution in [-0.2, 0) is 0 Å². The summed E-state index contributed by atoms with van der Waals surface area (Å²) in [5.74, 6) is -1.80. The van der Waals surface area contributed by atoms with Gasteiger partial charge in [0.05, 0.1) is 5.56 Å². The van der Waals surface area contributed by atoms with E-state index in [9.17, 15) is 13.6 Å². The largest absolute Gasteiger partial charge is 0.335 e. The van der Waals surface area contributed by atoms with Crippen LogP contribution in [0.3, 0.4) is 0 Å². The number of rotatable bonds is 1. The smallest absolute Gasteiger partial charge is 0.257 e. The van der Waals surface area contributed by atoms with Crippen LogP contribution in [-0.4, -0.2) is 23.4 Å². The molecule has 1 aliphatic carbocycles. The number of nitrogens with zero attached hydrogens (tertiary/aromatic N) is 1. The number of hydrogen-bond acceptors (Lipinski definition) is 1. The lowest BCUT2D eigenvalue weighted by Crippen LogP contribution is -2.38. The third kappa shape index (κ3) is 1.63. The summed E-state index contributed by atoms with van der Waals surface area (Å²) in [6.45, 7) is 0.694. The van der Waals surface area contributed by atoms with Crippen molar-refractivity contribution >= 4 is 5.91 Å². The first-order valence-electron chi connectivity index (χ1n) is 5.92. The minimum Gasteiger partial charge on any atom is -0.335 e. The van der Waals surface area contributed by atoms with Gasteiger partial charge in [-0.3, -0.25) is 4.79 Å². The molecule has 17 heavy (non-hydrogen) atoms. The Kier molecular flexibility index (Phi) is 2.38. The number of carbonyl (C=O) groups excluding carboxylic acids is 1. The standard InChI is InChI=1S/C13H13F2NO/c14-11-3-1-2-10(12(11)15)13(17)16-7-8-4-5-9(16)6-8/h1-3,8-9H,4-7H2. The van der Waals surface area contributed by atoms with Gasteiger partial charge in [-0.05, 0) is 37.3 Å². The maximum absolute atomic E-state index is 13.5. The number of likely N-dealkylation sites (tertiary alicyclic amines) is 1. The van der Waals surface area contributed by atoms with Gasteiger partial charge in [-0.15, -0.1) is 0 Å². The van der Waals surface area contributed by atoms with E-state index >= 15 is 0 Å². The average Bonchev–Trinajstić information content (AvgIpc) is 2.94. The van der Waals surface area contributed by atoms with E-state index in [1.807, 2.05) is 0 Å². The number of hydrogen-bond donors (Lipinski definition) is 0. The minimum atomic E-state index is -1.03. The first-order chi connectivity index (χ1) is 8.16. The maximum Gasteiger partial charge on any atom is 0.257 e. The highest BCUT2D eigenvalue weighted by Gasteiger charge is 2.41. The van der Waals surface area contributed by atoms with Crippen LogP contribution in [0.2, 0.25) is 0 Å². The molecular formula is C13H13F2NO. The monoisotopic (exact) mass is 237 g/mol. The van der Waals surface area contributed by atoms with Crippen molar-refractivity contribution in [1.29, 1.82) is 0 Å². The fourth-order valence-electron chi connectivity index (χ4n) is 3.00. The zero-order valence-corrected chi connectivity index (χ0v) is 9.33. The van der Waals surface area contributed by atoms with E-state index in [0.717, 1.165) is 25.3 Å². The molecule has 1 aromatic carbocycles. The molecule has 1 aliphatic heterocycles. The van der Waals surface area contributed by atoms with Crippen molar-refractivity contribution in [1.82, 2.24) is 4.90 Å². The van der Waals surface area contributed by atoms with E-state index in [2.05, 4.69) is 0 Å². The van der Waals surface area contributed by atoms with Crippen molar-refractivity contribution < 1.29 is 13.6 Å². The lowest BCUT2D eigenvalue weighted by molar-refractivity contribution is 0.0697. The van der Waals surface area contributed by atoms with Crippen LogP contribution in [0, 0.1) is 17.6 Å². The molecule has 2 aliphatic rings. The first kappa shape index (κ1) is 10.7. The van der Waals surface area contributed by atoms with Gasteiger partial charge in [0.15, 0.2) is 11.6 Å². The summed E-state index contributed by atoms with van der Waals surface area (Å²) >= 11 is 0. The molecule has 2 bridgehead atoms. The number of halogens is 2. The normalized spacial score (nSPS) is 26.6. The lowest BCUT2D eigenvalue weighted by atomic mass is 10.1. The number of benzene rings is 1. The predicted molar refractivity (Wildman–Crippen MR) is 58.5 cm³/mol. The second-order valence-corrected chi connectivity index (χ2v) is 4.89. The topological polar surface area (TPSA) is 20.3 Å². The van der Waals surface area contributed by atoms with Gasteiger partial charge in [-0.1, -0.05) is 6.07 Å². The van der Waals surface area contributed by atoms with Crippen molar-refractivity contribution in [3.63, 3.8) is 0 Å². The van der Waals surface area contributed by atoms with Gasteiger partial charge in [0.25, 0.3) is 5.91 Å². The van der Waals surface area contributed by atoms with Crippen LogP contribution >= 0.6 is 0 Å². The Hall–Kier alpha value is -1.45. The van der Waals surface area contributed by atoms with Crippen molar-refractivity contribution in [2.24, 2.45) is 5.92 Å². The number of carbonyl (C=O) groups is 1. The van der Waals surface area contributed by atoms with Crippen LogP contribution in [0.15, 0.2) is 18.2 Å². The first-order valence-corrected chi connectivity index (χ1v) is 5.92. The molecule has 1 saturated heterocycles. The van der Waals surface area contributed by atoms with Gasteiger partial charge in [-0.2, -0.15) is 0 Å². The van der Waals surface area contributed by atoms with Gasteiger partial charge < -0.3 is 4.90 Å². The van der Waals surface area contributed by atoms with Gasteiger partial charge in [0, 0.05) is 12.6 Å². The van der Waals surface area contributed by atoms with E-state index in [1.165, 1.54) is 12.1 Å². The molecule has 1 saturated carbocycles. The molecule has 1 heterocycles. The van der Waals surface area contributed by atoms with Crippen molar-refractivity contribution in [2.75, 3.05) is 6.54 Å². The number of piperidine rings is 1. The van der Waals surface area contributed by atoms with Gasteiger partial charge in [0.1, 0.15) is 0 Å². The summed E-state index contributed by atoms with van der Waals surface area (Å²) in [5.41, 5.74) is -0.141. The Labute approximate surface area is 98.2 Å². The molecule has 2 unspecified atom stereocenters. The predicted octanol–water partition coefficient (Wildman–Crippen LogP) is 2.59. The van der Waals surface area contributed by atoms with Crippen molar-refractivity contribution in [3.05, 3.63) is 35.4 Å². The van der Waals surface area contributed by atoms with E-state index in [-0.39, 0.29) is 17.5 Å². The molecule has 90 valence electrons. The summed E-state index contributed by atoms with van der Waals surface area (Å²) in [6.07, 6.45) is 3.16. The van der Waals surface area contributed by atoms with E-state index < -0.39 is 11.6 Å². The van der Waals surface area contributed by atoms with E-state index in [1.54, 1.807) is 4.90 Å². The molecular weight excluding hydrogens is 224 g/mol. The molecule has 0 N–H and O–H groups in total. The van der Waals surface area contributed by atoms with Crippen LogP contribution in [0.5, 0.6) is 0 Å². The Morgan fingerprint density at radius 2 is 2.12 bits per heavy atom. The van der Waals surface area contributed by atoms with Gasteiger partial charge in [-0.25, -0.2) is 8.78 Å². The fraction of sp³-hybridized carbons (Fsp3) is 0.462. The number of amides is 1. The molecule has 0 spiro atoms.